The topological polar surface area (TPSA) is 90.9 Å². The summed E-state index contributed by atoms with van der Waals surface area (Å²) in [6.07, 6.45) is 0.385. The molecular weight excluding hydrogens is 538 g/mol. The van der Waals surface area contributed by atoms with Crippen molar-refractivity contribution in [2.75, 3.05) is 20.3 Å². The predicted molar refractivity (Wildman–Crippen MR) is 142 cm³/mol. The quantitative estimate of drug-likeness (QED) is 0.364. The van der Waals surface area contributed by atoms with Crippen molar-refractivity contribution >= 4 is 33.7 Å². The highest BCUT2D eigenvalue weighted by atomic mass is 79.9. The molecule has 0 saturated heterocycles. The standard InChI is InChI=1S/C29H30BrNO6/c1-5-36-28(33)23-16(3)31-22-15-21(17-9-8-12-20(14-17)35-4)25(29(34)37-6-2)27(32)26(22)24(23)18-10-7-11-19(30)13-18/h7-14,21,24-25,31H,5-6,15H2,1-4H3/t21-,24+,25-/m1/s1. The molecule has 2 aromatic carbocycles. The molecule has 0 radical (unpaired) electrons. The third-order valence-electron chi connectivity index (χ3n) is 6.76. The van der Waals surface area contributed by atoms with E-state index in [0.29, 0.717) is 34.7 Å². The van der Waals surface area contributed by atoms with Crippen LogP contribution in [-0.4, -0.2) is 38.0 Å². The number of Topliss-reactive ketones (excluding diaryl/α,β-unsaturated/α-hetero) is 1. The van der Waals surface area contributed by atoms with E-state index in [1.807, 2.05) is 55.5 Å². The number of halogens is 1. The van der Waals surface area contributed by atoms with Crippen molar-refractivity contribution in [2.45, 2.75) is 39.0 Å². The van der Waals surface area contributed by atoms with Crippen molar-refractivity contribution < 1.29 is 28.6 Å². The number of hydrogen-bond acceptors (Lipinski definition) is 7. The van der Waals surface area contributed by atoms with Gasteiger partial charge in [0.05, 0.1) is 25.9 Å². The normalized spacial score (nSPS) is 21.2. The zero-order valence-electron chi connectivity index (χ0n) is 21.3. The number of nitrogens with one attached hydrogen (secondary N) is 1. The van der Waals surface area contributed by atoms with Crippen molar-refractivity contribution in [3.05, 3.63) is 86.7 Å². The Hall–Kier alpha value is -3.39. The Morgan fingerprint density at radius 3 is 2.41 bits per heavy atom. The number of dihydropyridines is 1. The Kier molecular flexibility index (Phi) is 8.17. The van der Waals surface area contributed by atoms with Crippen LogP contribution in [0, 0.1) is 5.92 Å². The number of methoxy groups -OCH3 is 1. The van der Waals surface area contributed by atoms with Crippen molar-refractivity contribution in [1.29, 1.82) is 0 Å². The second-order valence-electron chi connectivity index (χ2n) is 8.95. The van der Waals surface area contributed by atoms with Crippen LogP contribution in [0.4, 0.5) is 0 Å². The largest absolute Gasteiger partial charge is 0.497 e. The van der Waals surface area contributed by atoms with Gasteiger partial charge in [-0.05, 0) is 62.6 Å². The number of carbonyl (C=O) groups is 3. The van der Waals surface area contributed by atoms with Gasteiger partial charge in [-0.3, -0.25) is 9.59 Å². The zero-order valence-corrected chi connectivity index (χ0v) is 22.9. The summed E-state index contributed by atoms with van der Waals surface area (Å²) in [5, 5.41) is 3.31. The predicted octanol–water partition coefficient (Wildman–Crippen LogP) is 5.17. The SMILES string of the molecule is CCOC(=O)C1=C(C)NC2=C(C(=O)[C@H](C(=O)OCC)[C@@H](c3cccc(OC)c3)C2)[C@H]1c1cccc(Br)c1. The Labute approximate surface area is 225 Å². The van der Waals surface area contributed by atoms with Crippen molar-refractivity contribution in [3.63, 3.8) is 0 Å². The van der Waals surface area contributed by atoms with Gasteiger partial charge in [0.1, 0.15) is 11.7 Å². The first-order valence-electron chi connectivity index (χ1n) is 12.3. The van der Waals surface area contributed by atoms with E-state index in [0.717, 1.165) is 15.6 Å². The van der Waals surface area contributed by atoms with Crippen LogP contribution in [0.25, 0.3) is 0 Å². The number of ether oxygens (including phenoxy) is 3. The van der Waals surface area contributed by atoms with Crippen LogP contribution in [-0.2, 0) is 23.9 Å². The number of carbonyl (C=O) groups excluding carboxylic acids is 3. The van der Waals surface area contributed by atoms with E-state index < -0.39 is 29.7 Å². The maximum atomic E-state index is 14.3. The van der Waals surface area contributed by atoms with Gasteiger partial charge in [-0.25, -0.2) is 4.79 Å². The monoisotopic (exact) mass is 567 g/mol. The summed E-state index contributed by atoms with van der Waals surface area (Å²) in [6, 6.07) is 14.9. The van der Waals surface area contributed by atoms with Gasteiger partial charge in [0.15, 0.2) is 5.78 Å². The van der Waals surface area contributed by atoms with E-state index in [4.69, 9.17) is 14.2 Å². The second kappa shape index (κ2) is 11.3. The molecule has 0 unspecified atom stereocenters. The molecule has 1 aliphatic heterocycles. The first kappa shape index (κ1) is 26.7. The number of allylic oxidation sites excluding steroid dienone is 3. The third kappa shape index (κ3) is 5.21. The first-order valence-corrected chi connectivity index (χ1v) is 13.1. The molecule has 3 atom stereocenters. The third-order valence-corrected chi connectivity index (χ3v) is 7.25. The van der Waals surface area contributed by atoms with E-state index in [1.54, 1.807) is 21.0 Å². The number of hydrogen-bond donors (Lipinski definition) is 1. The molecular formula is C29H30BrNO6. The highest BCUT2D eigenvalue weighted by molar-refractivity contribution is 9.10. The molecule has 2 aliphatic rings. The van der Waals surface area contributed by atoms with Gasteiger partial charge in [0.25, 0.3) is 0 Å². The van der Waals surface area contributed by atoms with Gasteiger partial charge < -0.3 is 19.5 Å². The molecule has 1 N–H and O–H groups in total. The lowest BCUT2D eigenvalue weighted by molar-refractivity contribution is -0.152. The summed E-state index contributed by atoms with van der Waals surface area (Å²) in [5.41, 5.74) is 3.61. The summed E-state index contributed by atoms with van der Waals surface area (Å²) in [4.78, 5) is 40.7. The molecule has 0 spiro atoms. The molecule has 0 saturated carbocycles. The molecule has 7 nitrogen and oxygen atoms in total. The first-order chi connectivity index (χ1) is 17.8. The van der Waals surface area contributed by atoms with E-state index in [-0.39, 0.29) is 19.0 Å². The maximum absolute atomic E-state index is 14.3. The summed E-state index contributed by atoms with van der Waals surface area (Å²) in [6.45, 7) is 5.62. The second-order valence-corrected chi connectivity index (χ2v) is 9.86. The molecule has 4 rings (SSSR count). The average molecular weight is 568 g/mol. The van der Waals surface area contributed by atoms with Gasteiger partial charge in [-0.2, -0.15) is 0 Å². The minimum Gasteiger partial charge on any atom is -0.497 e. The fraction of sp³-hybridized carbons (Fsp3) is 0.345. The molecule has 194 valence electrons. The highest BCUT2D eigenvalue weighted by Crippen LogP contribution is 2.48. The number of ketones is 1. The van der Waals surface area contributed by atoms with Crippen LogP contribution in [0.15, 0.2) is 75.5 Å². The molecule has 0 aromatic heterocycles. The highest BCUT2D eigenvalue weighted by Gasteiger charge is 2.49. The summed E-state index contributed by atoms with van der Waals surface area (Å²) in [5.74, 6) is -3.03. The van der Waals surface area contributed by atoms with Crippen LogP contribution >= 0.6 is 15.9 Å². The van der Waals surface area contributed by atoms with E-state index in [1.165, 1.54) is 0 Å². The Balaban J connectivity index is 1.90. The molecule has 37 heavy (non-hydrogen) atoms. The van der Waals surface area contributed by atoms with Crippen LogP contribution in [0.3, 0.4) is 0 Å². The molecule has 8 heteroatoms. The molecule has 2 aromatic rings. The van der Waals surface area contributed by atoms with Crippen LogP contribution in [0.5, 0.6) is 5.75 Å². The Morgan fingerprint density at radius 2 is 1.73 bits per heavy atom. The maximum Gasteiger partial charge on any atom is 0.336 e. The molecule has 0 amide bonds. The fourth-order valence-electron chi connectivity index (χ4n) is 5.22. The van der Waals surface area contributed by atoms with Crippen LogP contribution in [0.2, 0.25) is 0 Å². The molecule has 0 fully saturated rings. The van der Waals surface area contributed by atoms with Crippen molar-refractivity contribution in [3.8, 4) is 5.75 Å². The number of rotatable bonds is 7. The zero-order chi connectivity index (χ0) is 26.7. The Bertz CT molecular complexity index is 1300. The van der Waals surface area contributed by atoms with Gasteiger partial charge in [-0.1, -0.05) is 40.2 Å². The van der Waals surface area contributed by atoms with E-state index in [9.17, 15) is 14.4 Å². The molecule has 1 aliphatic carbocycles. The molecule has 0 bridgehead atoms. The van der Waals surface area contributed by atoms with Crippen LogP contribution < -0.4 is 10.1 Å². The Morgan fingerprint density at radius 1 is 1.03 bits per heavy atom. The van der Waals surface area contributed by atoms with Gasteiger partial charge in [0, 0.05) is 33.3 Å². The van der Waals surface area contributed by atoms with Crippen LogP contribution in [0.1, 0.15) is 50.2 Å². The van der Waals surface area contributed by atoms with Crippen molar-refractivity contribution in [2.24, 2.45) is 5.92 Å². The lowest BCUT2D eigenvalue weighted by Crippen LogP contribution is -2.43. The fourth-order valence-corrected chi connectivity index (χ4v) is 5.64. The summed E-state index contributed by atoms with van der Waals surface area (Å²) in [7, 11) is 1.57. The van der Waals surface area contributed by atoms with Gasteiger partial charge in [-0.15, -0.1) is 0 Å². The van der Waals surface area contributed by atoms with Gasteiger partial charge in [0.2, 0.25) is 0 Å². The smallest absolute Gasteiger partial charge is 0.336 e. The number of benzene rings is 2. The average Bonchev–Trinajstić information content (AvgIpc) is 2.88. The number of esters is 2. The molecule has 1 heterocycles. The van der Waals surface area contributed by atoms with E-state index in [2.05, 4.69) is 21.2 Å². The summed E-state index contributed by atoms with van der Waals surface area (Å²) < 4.78 is 17.0. The lowest BCUT2D eigenvalue weighted by atomic mass is 9.67. The minimum atomic E-state index is -1.07. The van der Waals surface area contributed by atoms with Gasteiger partial charge >= 0.3 is 11.9 Å². The van der Waals surface area contributed by atoms with E-state index >= 15 is 0 Å². The summed E-state index contributed by atoms with van der Waals surface area (Å²) >= 11 is 3.51. The lowest BCUT2D eigenvalue weighted by Gasteiger charge is -2.39. The van der Waals surface area contributed by atoms with Crippen molar-refractivity contribution in [1.82, 2.24) is 5.32 Å². The minimum absolute atomic E-state index is 0.153.